The quantitative estimate of drug-likeness (QED) is 0.723. The molecule has 32 heavy (non-hydrogen) atoms. The molecule has 3 amide bonds. The minimum Gasteiger partial charge on any atom is -0.349 e. The van der Waals surface area contributed by atoms with Gasteiger partial charge < -0.3 is 15.5 Å². The highest BCUT2D eigenvalue weighted by Crippen LogP contribution is 2.22. The number of nitrogens with one attached hydrogen (secondary N) is 2. The van der Waals surface area contributed by atoms with Gasteiger partial charge in [0.2, 0.25) is 10.0 Å². The van der Waals surface area contributed by atoms with Gasteiger partial charge in [0, 0.05) is 43.5 Å². The Morgan fingerprint density at radius 2 is 1.56 bits per heavy atom. The van der Waals surface area contributed by atoms with E-state index in [0.717, 1.165) is 18.5 Å². The van der Waals surface area contributed by atoms with Crippen molar-refractivity contribution >= 4 is 27.6 Å². The summed E-state index contributed by atoms with van der Waals surface area (Å²) in [5.41, 5.74) is 1.08. The van der Waals surface area contributed by atoms with Crippen molar-refractivity contribution in [2.45, 2.75) is 36.6 Å². The van der Waals surface area contributed by atoms with Crippen molar-refractivity contribution in [3.05, 3.63) is 60.2 Å². The van der Waals surface area contributed by atoms with Crippen LogP contribution in [0.3, 0.4) is 0 Å². The van der Waals surface area contributed by atoms with Crippen molar-refractivity contribution in [1.82, 2.24) is 14.5 Å². The van der Waals surface area contributed by atoms with Gasteiger partial charge in [0.05, 0.1) is 4.90 Å². The fourth-order valence-electron chi connectivity index (χ4n) is 4.10. The molecular formula is C23H28N4O4S. The van der Waals surface area contributed by atoms with Crippen LogP contribution in [-0.2, 0) is 10.0 Å². The van der Waals surface area contributed by atoms with Crippen LogP contribution < -0.4 is 10.6 Å². The highest BCUT2D eigenvalue weighted by Gasteiger charge is 2.28. The second kappa shape index (κ2) is 9.70. The summed E-state index contributed by atoms with van der Waals surface area (Å²) in [6.07, 6.45) is 3.00. The van der Waals surface area contributed by atoms with Crippen LogP contribution in [0.2, 0.25) is 0 Å². The van der Waals surface area contributed by atoms with E-state index in [4.69, 9.17) is 0 Å². The molecular weight excluding hydrogens is 428 g/mol. The monoisotopic (exact) mass is 456 g/mol. The van der Waals surface area contributed by atoms with Crippen LogP contribution in [0.1, 0.15) is 36.0 Å². The summed E-state index contributed by atoms with van der Waals surface area (Å²) in [5, 5.41) is 5.86. The molecule has 2 heterocycles. The summed E-state index contributed by atoms with van der Waals surface area (Å²) < 4.78 is 27.0. The number of sulfonamides is 1. The molecule has 170 valence electrons. The minimum atomic E-state index is -3.57. The zero-order chi connectivity index (χ0) is 22.6. The number of hydrogen-bond donors (Lipinski definition) is 2. The van der Waals surface area contributed by atoms with Gasteiger partial charge in [-0.05, 0) is 56.0 Å². The van der Waals surface area contributed by atoms with Gasteiger partial charge in [0.15, 0.2) is 0 Å². The molecule has 2 aromatic carbocycles. The van der Waals surface area contributed by atoms with Gasteiger partial charge in [-0.2, -0.15) is 4.31 Å². The van der Waals surface area contributed by atoms with Crippen LogP contribution in [-0.4, -0.2) is 61.8 Å². The first kappa shape index (κ1) is 22.3. The maximum absolute atomic E-state index is 12.8. The Bertz CT molecular complexity index is 1060. The number of rotatable bonds is 5. The summed E-state index contributed by atoms with van der Waals surface area (Å²) in [7, 11) is -3.57. The molecule has 0 aromatic heterocycles. The smallest absolute Gasteiger partial charge is 0.321 e. The van der Waals surface area contributed by atoms with Gasteiger partial charge in [0.1, 0.15) is 0 Å². The molecule has 4 rings (SSSR count). The van der Waals surface area contributed by atoms with E-state index in [0.29, 0.717) is 44.6 Å². The molecule has 8 nitrogen and oxygen atoms in total. The molecule has 2 fully saturated rings. The summed E-state index contributed by atoms with van der Waals surface area (Å²) >= 11 is 0. The van der Waals surface area contributed by atoms with Gasteiger partial charge in [-0.15, -0.1) is 0 Å². The summed E-state index contributed by atoms with van der Waals surface area (Å²) in [6.45, 7) is 2.12. The van der Waals surface area contributed by atoms with Crippen molar-refractivity contribution in [3.63, 3.8) is 0 Å². The van der Waals surface area contributed by atoms with Crippen LogP contribution in [0.5, 0.6) is 0 Å². The van der Waals surface area contributed by atoms with Gasteiger partial charge in [-0.1, -0.05) is 24.3 Å². The first-order chi connectivity index (χ1) is 15.4. The lowest BCUT2D eigenvalue weighted by Crippen LogP contribution is -2.47. The van der Waals surface area contributed by atoms with Crippen molar-refractivity contribution in [1.29, 1.82) is 0 Å². The number of hydrogen-bond acceptors (Lipinski definition) is 4. The molecule has 0 saturated carbocycles. The Morgan fingerprint density at radius 3 is 2.25 bits per heavy atom. The third kappa shape index (κ3) is 5.11. The van der Waals surface area contributed by atoms with Crippen molar-refractivity contribution in [2.24, 2.45) is 0 Å². The maximum Gasteiger partial charge on any atom is 0.321 e. The summed E-state index contributed by atoms with van der Waals surface area (Å²) in [5.74, 6) is -0.296. The Kier molecular flexibility index (Phi) is 6.76. The normalized spacial score (nSPS) is 17.8. The molecule has 2 aliphatic heterocycles. The van der Waals surface area contributed by atoms with E-state index in [-0.39, 0.29) is 22.9 Å². The van der Waals surface area contributed by atoms with Crippen LogP contribution in [0.15, 0.2) is 59.5 Å². The van der Waals surface area contributed by atoms with Crippen molar-refractivity contribution in [2.75, 3.05) is 31.5 Å². The Labute approximate surface area is 188 Å². The standard InChI is InChI=1S/C23H28N4O4S/c28-22(18-7-6-10-21(17-18)32(30,31)27-13-4-5-14-27)24-20-11-15-26(16-12-20)23(29)25-19-8-2-1-3-9-19/h1-3,6-10,17,20H,4-5,11-16H2,(H,24,28)(H,25,29). The first-order valence-electron chi connectivity index (χ1n) is 11.0. The van der Waals surface area contributed by atoms with E-state index in [1.54, 1.807) is 17.0 Å². The lowest BCUT2D eigenvalue weighted by molar-refractivity contribution is 0.0919. The fraction of sp³-hybridized carbons (Fsp3) is 0.391. The first-order valence-corrected chi connectivity index (χ1v) is 12.4. The lowest BCUT2D eigenvalue weighted by atomic mass is 10.0. The second-order valence-electron chi connectivity index (χ2n) is 8.17. The Morgan fingerprint density at radius 1 is 0.875 bits per heavy atom. The molecule has 0 atom stereocenters. The molecule has 0 radical (unpaired) electrons. The number of likely N-dealkylation sites (tertiary alicyclic amines) is 1. The molecule has 0 bridgehead atoms. The molecule has 0 spiro atoms. The second-order valence-corrected chi connectivity index (χ2v) is 10.1. The van der Waals surface area contributed by atoms with Gasteiger partial charge in [-0.3, -0.25) is 4.79 Å². The Hall–Kier alpha value is -2.91. The van der Waals surface area contributed by atoms with Crippen LogP contribution in [0.4, 0.5) is 10.5 Å². The molecule has 2 saturated heterocycles. The predicted octanol–water partition coefficient (Wildman–Crippen LogP) is 2.90. The lowest BCUT2D eigenvalue weighted by Gasteiger charge is -2.32. The van der Waals surface area contributed by atoms with Gasteiger partial charge >= 0.3 is 6.03 Å². The number of anilines is 1. The van der Waals surface area contributed by atoms with E-state index < -0.39 is 10.0 Å². The number of urea groups is 1. The average molecular weight is 457 g/mol. The SMILES string of the molecule is O=C(NC1CCN(C(=O)Nc2ccccc2)CC1)c1cccc(S(=O)(=O)N2CCCC2)c1. The van der Waals surface area contributed by atoms with E-state index in [9.17, 15) is 18.0 Å². The van der Waals surface area contributed by atoms with E-state index >= 15 is 0 Å². The van der Waals surface area contributed by atoms with Crippen molar-refractivity contribution in [3.8, 4) is 0 Å². The fourth-order valence-corrected chi connectivity index (χ4v) is 5.66. The third-order valence-electron chi connectivity index (χ3n) is 5.94. The highest BCUT2D eigenvalue weighted by molar-refractivity contribution is 7.89. The molecule has 2 aromatic rings. The average Bonchev–Trinajstić information content (AvgIpc) is 3.36. The number of carbonyl (C=O) groups excluding carboxylic acids is 2. The topological polar surface area (TPSA) is 98.8 Å². The van der Waals surface area contributed by atoms with Gasteiger partial charge in [-0.25, -0.2) is 13.2 Å². The molecule has 0 aliphatic carbocycles. The maximum atomic E-state index is 12.8. The van der Waals surface area contributed by atoms with Crippen LogP contribution >= 0.6 is 0 Å². The largest absolute Gasteiger partial charge is 0.349 e. The molecule has 2 N–H and O–H groups in total. The number of benzene rings is 2. The number of carbonyl (C=O) groups is 2. The Balaban J connectivity index is 1.32. The summed E-state index contributed by atoms with van der Waals surface area (Å²) in [4.78, 5) is 27.1. The zero-order valence-corrected chi connectivity index (χ0v) is 18.7. The highest BCUT2D eigenvalue weighted by atomic mass is 32.2. The third-order valence-corrected chi connectivity index (χ3v) is 7.84. The number of amides is 3. The predicted molar refractivity (Wildman–Crippen MR) is 122 cm³/mol. The molecule has 0 unspecified atom stereocenters. The van der Waals surface area contributed by atoms with Crippen LogP contribution in [0.25, 0.3) is 0 Å². The van der Waals surface area contributed by atoms with E-state index in [1.807, 2.05) is 30.3 Å². The number of para-hydroxylation sites is 1. The van der Waals surface area contributed by atoms with E-state index in [2.05, 4.69) is 10.6 Å². The molecule has 2 aliphatic rings. The van der Waals surface area contributed by atoms with Crippen LogP contribution in [0, 0.1) is 0 Å². The zero-order valence-electron chi connectivity index (χ0n) is 17.9. The summed E-state index contributed by atoms with van der Waals surface area (Å²) in [6, 6.07) is 15.3. The number of piperidine rings is 1. The van der Waals surface area contributed by atoms with Gasteiger partial charge in [0.25, 0.3) is 5.91 Å². The van der Waals surface area contributed by atoms with Crippen molar-refractivity contribution < 1.29 is 18.0 Å². The minimum absolute atomic E-state index is 0.0675. The number of nitrogens with zero attached hydrogens (tertiary/aromatic N) is 2. The van der Waals surface area contributed by atoms with E-state index in [1.165, 1.54) is 16.4 Å². The molecule has 9 heteroatoms.